The quantitative estimate of drug-likeness (QED) is 0.703. The van der Waals surface area contributed by atoms with Crippen LogP contribution in [0.1, 0.15) is 44.6 Å². The lowest BCUT2D eigenvalue weighted by Crippen LogP contribution is -2.56. The molecule has 4 aliphatic heterocycles. The monoisotopic (exact) mass is 410 g/mol. The minimum Gasteiger partial charge on any atom is -0.356 e. The zero-order valence-electron chi connectivity index (χ0n) is 17.6. The van der Waals surface area contributed by atoms with E-state index in [0.29, 0.717) is 32.2 Å². The molecule has 3 amide bonds. The Kier molecular flexibility index (Phi) is 4.81. The van der Waals surface area contributed by atoms with Crippen LogP contribution in [0.4, 0.5) is 5.69 Å². The summed E-state index contributed by atoms with van der Waals surface area (Å²) in [5, 5.41) is 3.10. The van der Waals surface area contributed by atoms with Crippen LogP contribution in [0.3, 0.4) is 0 Å². The second-order valence-corrected chi connectivity index (χ2v) is 9.02. The number of amides is 3. The van der Waals surface area contributed by atoms with Gasteiger partial charge < -0.3 is 15.1 Å². The van der Waals surface area contributed by atoms with E-state index in [1.807, 2.05) is 34.1 Å². The minimum atomic E-state index is -0.879. The third-order valence-corrected chi connectivity index (χ3v) is 7.49. The van der Waals surface area contributed by atoms with Gasteiger partial charge in [0.1, 0.15) is 5.54 Å². The number of nitrogens with zero attached hydrogens (tertiary/aromatic N) is 3. The lowest BCUT2D eigenvalue weighted by atomic mass is 9.78. The van der Waals surface area contributed by atoms with Crippen molar-refractivity contribution >= 4 is 23.4 Å². The van der Waals surface area contributed by atoms with Crippen LogP contribution in [-0.4, -0.2) is 66.3 Å². The van der Waals surface area contributed by atoms with E-state index < -0.39 is 5.54 Å². The highest BCUT2D eigenvalue weighted by molar-refractivity contribution is 6.10. The molecule has 4 heterocycles. The van der Waals surface area contributed by atoms with Gasteiger partial charge in [0.25, 0.3) is 5.91 Å². The summed E-state index contributed by atoms with van der Waals surface area (Å²) in [4.78, 5) is 45.5. The number of fused-ring (bicyclic) bond motifs is 4. The van der Waals surface area contributed by atoms with Gasteiger partial charge in [0.2, 0.25) is 11.8 Å². The maximum absolute atomic E-state index is 14.1. The number of hydrogen-bond donors (Lipinski definition) is 1. The van der Waals surface area contributed by atoms with Crippen molar-refractivity contribution < 1.29 is 14.4 Å². The topological polar surface area (TPSA) is 73.0 Å². The first-order valence-electron chi connectivity index (χ1n) is 11.3. The average Bonchev–Trinajstić information content (AvgIpc) is 3.38. The second kappa shape index (κ2) is 7.38. The molecule has 1 spiro atoms. The van der Waals surface area contributed by atoms with Crippen molar-refractivity contribution in [2.75, 3.05) is 37.6 Å². The van der Waals surface area contributed by atoms with E-state index >= 15 is 0 Å². The van der Waals surface area contributed by atoms with Gasteiger partial charge in [-0.1, -0.05) is 18.2 Å². The number of nitrogens with one attached hydrogen (secondary N) is 1. The first-order chi connectivity index (χ1) is 14.5. The summed E-state index contributed by atoms with van der Waals surface area (Å²) in [5.74, 6) is -0.311. The van der Waals surface area contributed by atoms with Gasteiger partial charge in [0, 0.05) is 50.4 Å². The Hall–Kier alpha value is -2.41. The van der Waals surface area contributed by atoms with Crippen LogP contribution >= 0.6 is 0 Å². The van der Waals surface area contributed by atoms with E-state index in [1.165, 1.54) is 0 Å². The third kappa shape index (κ3) is 2.71. The number of hydrogen-bond acceptors (Lipinski definition) is 4. The summed E-state index contributed by atoms with van der Waals surface area (Å²) < 4.78 is 0. The molecule has 7 heteroatoms. The highest BCUT2D eigenvalue weighted by atomic mass is 16.2. The summed E-state index contributed by atoms with van der Waals surface area (Å²) in [5.41, 5.74) is 1.04. The van der Waals surface area contributed by atoms with E-state index in [0.717, 1.165) is 49.9 Å². The molecule has 0 radical (unpaired) electrons. The van der Waals surface area contributed by atoms with Crippen LogP contribution in [0.15, 0.2) is 24.3 Å². The van der Waals surface area contributed by atoms with Gasteiger partial charge in [0.05, 0.1) is 5.92 Å². The standard InChI is InChI=1S/C23H30N4O3/c1-16(28)25-11-5-10-24-21(29)19-15-17-7-4-14-27(17)23(19)18-8-2-3-9-20(18)26(22(23)30)13-6-12-25/h2-3,8-9,17,19H,4-7,10-15H2,1H3,(H,24,29)/t17-,19+,23+/m0/s1. The van der Waals surface area contributed by atoms with Crippen molar-refractivity contribution in [1.82, 2.24) is 15.1 Å². The Bertz CT molecular complexity index is 887. The largest absolute Gasteiger partial charge is 0.356 e. The third-order valence-electron chi connectivity index (χ3n) is 7.49. The van der Waals surface area contributed by atoms with Crippen LogP contribution in [-0.2, 0) is 19.9 Å². The van der Waals surface area contributed by atoms with Gasteiger partial charge in [-0.05, 0) is 44.7 Å². The van der Waals surface area contributed by atoms with Gasteiger partial charge in [-0.2, -0.15) is 0 Å². The maximum Gasteiger partial charge on any atom is 0.253 e. The average molecular weight is 411 g/mol. The number of carbonyl (C=O) groups excluding carboxylic acids is 3. The number of carbonyl (C=O) groups is 3. The fourth-order valence-corrected chi connectivity index (χ4v) is 6.23. The summed E-state index contributed by atoms with van der Waals surface area (Å²) in [6.45, 7) is 4.79. The molecule has 7 nitrogen and oxygen atoms in total. The molecule has 30 heavy (non-hydrogen) atoms. The maximum atomic E-state index is 14.1. The number of anilines is 1. The molecule has 3 fully saturated rings. The van der Waals surface area contributed by atoms with Gasteiger partial charge in [0.15, 0.2) is 0 Å². The molecule has 0 unspecified atom stereocenters. The second-order valence-electron chi connectivity index (χ2n) is 9.02. The van der Waals surface area contributed by atoms with Crippen LogP contribution < -0.4 is 10.2 Å². The zero-order valence-corrected chi connectivity index (χ0v) is 17.6. The van der Waals surface area contributed by atoms with Gasteiger partial charge in [-0.3, -0.25) is 19.3 Å². The fraction of sp³-hybridized carbons (Fsp3) is 0.609. The van der Waals surface area contributed by atoms with Crippen molar-refractivity contribution in [2.45, 2.75) is 50.6 Å². The van der Waals surface area contributed by atoms with Crippen LogP contribution in [0.2, 0.25) is 0 Å². The number of benzene rings is 1. The molecular formula is C23H30N4O3. The molecule has 4 aliphatic rings. The van der Waals surface area contributed by atoms with E-state index in [2.05, 4.69) is 10.2 Å². The predicted octanol–water partition coefficient (Wildman–Crippen LogP) is 1.47. The lowest BCUT2D eigenvalue weighted by molar-refractivity contribution is -0.138. The SMILES string of the molecule is CC(=O)N1CCCNC(=O)[C@H]2C[C@@H]3CCCN3[C@@]23C(=O)N(CCC1)c1ccccc13. The van der Waals surface area contributed by atoms with E-state index in [4.69, 9.17) is 0 Å². The molecule has 3 atom stereocenters. The van der Waals surface area contributed by atoms with Gasteiger partial charge in [-0.25, -0.2) is 0 Å². The first kappa shape index (κ1) is 19.5. The Balaban J connectivity index is 1.59. The molecule has 0 aromatic heterocycles. The van der Waals surface area contributed by atoms with Gasteiger partial charge >= 0.3 is 0 Å². The van der Waals surface area contributed by atoms with Crippen molar-refractivity contribution in [2.24, 2.45) is 5.92 Å². The number of para-hydroxylation sites is 1. The number of rotatable bonds is 0. The molecule has 5 rings (SSSR count). The minimum absolute atomic E-state index is 0.0250. The molecule has 2 bridgehead atoms. The molecule has 160 valence electrons. The molecular weight excluding hydrogens is 380 g/mol. The first-order valence-corrected chi connectivity index (χ1v) is 11.3. The fourth-order valence-electron chi connectivity index (χ4n) is 6.23. The molecule has 0 aliphatic carbocycles. The Morgan fingerprint density at radius 2 is 1.87 bits per heavy atom. The Morgan fingerprint density at radius 3 is 2.70 bits per heavy atom. The summed E-state index contributed by atoms with van der Waals surface area (Å²) >= 11 is 0. The van der Waals surface area contributed by atoms with E-state index in [1.54, 1.807) is 6.92 Å². The van der Waals surface area contributed by atoms with Crippen molar-refractivity contribution in [3.8, 4) is 0 Å². The molecule has 3 saturated heterocycles. The van der Waals surface area contributed by atoms with Crippen molar-refractivity contribution in [1.29, 1.82) is 0 Å². The van der Waals surface area contributed by atoms with Gasteiger partial charge in [-0.15, -0.1) is 0 Å². The highest BCUT2D eigenvalue weighted by Gasteiger charge is 2.66. The summed E-state index contributed by atoms with van der Waals surface area (Å²) in [7, 11) is 0. The summed E-state index contributed by atoms with van der Waals surface area (Å²) in [6, 6.07) is 8.29. The van der Waals surface area contributed by atoms with E-state index in [-0.39, 0.29) is 23.6 Å². The van der Waals surface area contributed by atoms with Crippen LogP contribution in [0, 0.1) is 5.92 Å². The summed E-state index contributed by atoms with van der Waals surface area (Å²) in [6.07, 6.45) is 4.31. The zero-order chi connectivity index (χ0) is 20.9. The van der Waals surface area contributed by atoms with E-state index in [9.17, 15) is 14.4 Å². The van der Waals surface area contributed by atoms with Crippen LogP contribution in [0.25, 0.3) is 0 Å². The molecule has 1 N–H and O–H groups in total. The lowest BCUT2D eigenvalue weighted by Gasteiger charge is -2.37. The highest BCUT2D eigenvalue weighted by Crippen LogP contribution is 2.57. The predicted molar refractivity (Wildman–Crippen MR) is 113 cm³/mol. The van der Waals surface area contributed by atoms with Crippen molar-refractivity contribution in [3.05, 3.63) is 29.8 Å². The molecule has 0 saturated carbocycles. The Morgan fingerprint density at radius 1 is 1.07 bits per heavy atom. The Labute approximate surface area is 177 Å². The molecule has 1 aromatic rings. The smallest absolute Gasteiger partial charge is 0.253 e. The normalized spacial score (nSPS) is 31.9. The van der Waals surface area contributed by atoms with Crippen LogP contribution in [0.5, 0.6) is 0 Å². The molecule has 1 aromatic carbocycles. The van der Waals surface area contributed by atoms with Crippen molar-refractivity contribution in [3.63, 3.8) is 0 Å².